The van der Waals surface area contributed by atoms with Crippen LogP contribution in [0.25, 0.3) is 11.3 Å². The molecule has 3 N–H and O–H groups in total. The highest BCUT2D eigenvalue weighted by Crippen LogP contribution is 2.39. The third-order valence-corrected chi connectivity index (χ3v) is 6.57. The van der Waals surface area contributed by atoms with Crippen LogP contribution in [-0.2, 0) is 35.3 Å². The molecule has 208 valence electrons. The molecule has 0 spiro atoms. The van der Waals surface area contributed by atoms with Crippen molar-refractivity contribution < 1.29 is 34.1 Å². The lowest BCUT2D eigenvalue weighted by atomic mass is 9.81. The third kappa shape index (κ3) is 7.26. The van der Waals surface area contributed by atoms with Crippen molar-refractivity contribution >= 4 is 18.0 Å². The van der Waals surface area contributed by atoms with E-state index in [0.717, 1.165) is 22.4 Å². The number of aliphatic carboxylic acids is 1. The number of fused-ring (bicyclic) bond motifs is 3. The molecule has 0 radical (unpaired) electrons. The summed E-state index contributed by atoms with van der Waals surface area (Å²) in [7, 11) is 1.62. The van der Waals surface area contributed by atoms with Crippen LogP contribution >= 0.6 is 0 Å². The molecule has 1 aromatic carbocycles. The number of nitrogens with zero attached hydrogens (tertiary/aromatic N) is 2. The normalized spacial score (nSPS) is 12.9. The number of carbonyl (C=O) groups is 3. The summed E-state index contributed by atoms with van der Waals surface area (Å²) in [5.74, 6) is -1.12. The number of ether oxygens (including phenoxy) is 2. The highest BCUT2D eigenvalue weighted by molar-refractivity contribution is 5.91. The highest BCUT2D eigenvalue weighted by Gasteiger charge is 2.30. The van der Waals surface area contributed by atoms with Crippen LogP contribution in [-0.4, -0.2) is 57.3 Å². The molecule has 0 aliphatic heterocycles. The Morgan fingerprint density at radius 1 is 1.11 bits per heavy atom. The number of aryl methyl sites for hydroxylation is 3. The number of hydrogen-bond donors (Lipinski definition) is 3. The molecule has 1 aliphatic carbocycles. The second-order valence-electron chi connectivity index (χ2n) is 11.5. The van der Waals surface area contributed by atoms with Gasteiger partial charge in [0.1, 0.15) is 17.0 Å². The van der Waals surface area contributed by atoms with Gasteiger partial charge in [0.25, 0.3) is 0 Å². The summed E-state index contributed by atoms with van der Waals surface area (Å²) in [6, 6.07) is 4.00. The number of hydrogen-bond acceptors (Lipinski definition) is 6. The molecule has 0 bridgehead atoms. The number of carbonyl (C=O) groups excluding carboxylic acids is 1. The minimum atomic E-state index is -1.04. The van der Waals surface area contributed by atoms with E-state index in [2.05, 4.69) is 5.32 Å². The minimum Gasteiger partial charge on any atom is -0.496 e. The van der Waals surface area contributed by atoms with Gasteiger partial charge in [0.05, 0.1) is 19.2 Å². The van der Waals surface area contributed by atoms with Gasteiger partial charge in [0, 0.05) is 24.2 Å². The Labute approximate surface area is 223 Å². The van der Waals surface area contributed by atoms with Crippen LogP contribution in [0.2, 0.25) is 0 Å². The maximum absolute atomic E-state index is 12.2. The molecule has 0 saturated carbocycles. The number of aromatic nitrogens is 2. The lowest BCUT2D eigenvalue weighted by Gasteiger charge is -2.24. The maximum atomic E-state index is 12.2. The molecular weight excluding hydrogens is 490 g/mol. The van der Waals surface area contributed by atoms with Gasteiger partial charge in [0.2, 0.25) is 0 Å². The predicted molar refractivity (Wildman–Crippen MR) is 142 cm³/mol. The van der Waals surface area contributed by atoms with Crippen molar-refractivity contribution in [3.8, 4) is 17.0 Å². The number of aromatic carboxylic acids is 1. The Morgan fingerprint density at radius 2 is 1.82 bits per heavy atom. The minimum absolute atomic E-state index is 0.0690. The highest BCUT2D eigenvalue weighted by atomic mass is 16.6. The van der Waals surface area contributed by atoms with E-state index in [-0.39, 0.29) is 17.5 Å². The fourth-order valence-electron chi connectivity index (χ4n) is 4.80. The summed E-state index contributed by atoms with van der Waals surface area (Å²) in [5.41, 5.74) is 3.40. The van der Waals surface area contributed by atoms with Gasteiger partial charge < -0.3 is 25.0 Å². The first-order chi connectivity index (χ1) is 17.7. The van der Waals surface area contributed by atoms with E-state index >= 15 is 0 Å². The van der Waals surface area contributed by atoms with E-state index in [1.54, 1.807) is 27.9 Å². The zero-order chi connectivity index (χ0) is 28.3. The second kappa shape index (κ2) is 11.4. The van der Waals surface area contributed by atoms with Gasteiger partial charge in [0.15, 0.2) is 0 Å². The van der Waals surface area contributed by atoms with Crippen molar-refractivity contribution in [2.45, 2.75) is 85.3 Å². The molecule has 1 aliphatic rings. The zero-order valence-corrected chi connectivity index (χ0v) is 23.1. The smallest absolute Gasteiger partial charge is 0.407 e. The van der Waals surface area contributed by atoms with Gasteiger partial charge in [-0.15, -0.1) is 0 Å². The van der Waals surface area contributed by atoms with Crippen LogP contribution in [0.4, 0.5) is 4.79 Å². The van der Waals surface area contributed by atoms with E-state index in [1.807, 2.05) is 26.0 Å². The molecule has 1 amide bonds. The summed E-state index contributed by atoms with van der Waals surface area (Å²) in [4.78, 5) is 35.4. The Balaban J connectivity index is 1.84. The first-order valence-electron chi connectivity index (χ1n) is 12.9. The Bertz CT molecular complexity index is 1210. The van der Waals surface area contributed by atoms with Crippen molar-refractivity contribution in [3.63, 3.8) is 0 Å². The fraction of sp³-hybridized carbons (Fsp3) is 0.571. The molecule has 10 heteroatoms. The summed E-state index contributed by atoms with van der Waals surface area (Å²) in [6.07, 6.45) is 2.52. The SMILES string of the molecule is COc1cc2c(cc1CCC(C)(C)CC(=O)O)-c1nn(CCCNC(=O)OC(C)(C)C)c(C(=O)O)c1CC2. The largest absolute Gasteiger partial charge is 0.496 e. The molecule has 2 aromatic rings. The van der Waals surface area contributed by atoms with Crippen LogP contribution in [0.1, 0.15) is 81.1 Å². The van der Waals surface area contributed by atoms with Gasteiger partial charge in [-0.05, 0) is 81.5 Å². The van der Waals surface area contributed by atoms with E-state index in [9.17, 15) is 24.6 Å². The molecule has 0 fully saturated rings. The number of carboxylic acids is 2. The summed E-state index contributed by atoms with van der Waals surface area (Å²) in [5, 5.41) is 26.6. The zero-order valence-electron chi connectivity index (χ0n) is 23.1. The van der Waals surface area contributed by atoms with Crippen LogP contribution < -0.4 is 10.1 Å². The molecule has 3 rings (SSSR count). The van der Waals surface area contributed by atoms with Crippen molar-refractivity contribution in [2.75, 3.05) is 13.7 Å². The van der Waals surface area contributed by atoms with E-state index < -0.39 is 23.6 Å². The number of benzene rings is 1. The summed E-state index contributed by atoms with van der Waals surface area (Å²) >= 11 is 0. The summed E-state index contributed by atoms with van der Waals surface area (Å²) in [6.45, 7) is 9.88. The first kappa shape index (κ1) is 29.0. The maximum Gasteiger partial charge on any atom is 0.407 e. The third-order valence-electron chi connectivity index (χ3n) is 6.57. The van der Waals surface area contributed by atoms with Crippen molar-refractivity contribution in [1.29, 1.82) is 0 Å². The number of rotatable bonds is 11. The van der Waals surface area contributed by atoms with Crippen LogP contribution in [0.15, 0.2) is 12.1 Å². The first-order valence-corrected chi connectivity index (χ1v) is 12.9. The number of alkyl carbamates (subject to hydrolysis) is 1. The average molecular weight is 530 g/mol. The quantitative estimate of drug-likeness (QED) is 0.356. The number of amides is 1. The van der Waals surface area contributed by atoms with Gasteiger partial charge in [-0.1, -0.05) is 13.8 Å². The lowest BCUT2D eigenvalue weighted by Crippen LogP contribution is -2.33. The van der Waals surface area contributed by atoms with Gasteiger partial charge in [-0.3, -0.25) is 9.48 Å². The van der Waals surface area contributed by atoms with E-state index in [4.69, 9.17) is 14.6 Å². The topological polar surface area (TPSA) is 140 Å². The monoisotopic (exact) mass is 529 g/mol. The Morgan fingerprint density at radius 3 is 2.42 bits per heavy atom. The van der Waals surface area contributed by atoms with Gasteiger partial charge >= 0.3 is 18.0 Å². The van der Waals surface area contributed by atoms with Crippen molar-refractivity contribution in [1.82, 2.24) is 15.1 Å². The Hall–Kier alpha value is -3.56. The van der Waals surface area contributed by atoms with E-state index in [0.29, 0.717) is 56.5 Å². The van der Waals surface area contributed by atoms with Gasteiger partial charge in [-0.25, -0.2) is 9.59 Å². The molecule has 10 nitrogen and oxygen atoms in total. The number of methoxy groups -OCH3 is 1. The second-order valence-corrected chi connectivity index (χ2v) is 11.5. The molecule has 0 saturated heterocycles. The molecule has 0 atom stereocenters. The van der Waals surface area contributed by atoms with E-state index in [1.165, 1.54) is 4.68 Å². The molecule has 1 heterocycles. The van der Waals surface area contributed by atoms with Crippen LogP contribution in [0.3, 0.4) is 0 Å². The average Bonchev–Trinajstić information content (AvgIpc) is 3.17. The lowest BCUT2D eigenvalue weighted by molar-refractivity contribution is -0.139. The van der Waals surface area contributed by atoms with Crippen LogP contribution in [0, 0.1) is 5.41 Å². The predicted octanol–water partition coefficient (Wildman–Crippen LogP) is 4.70. The Kier molecular flexibility index (Phi) is 8.74. The molecule has 1 aromatic heterocycles. The van der Waals surface area contributed by atoms with Crippen molar-refractivity contribution in [2.24, 2.45) is 5.41 Å². The standard InChI is InChI=1S/C28H39N3O7/c1-27(2,3)38-26(36)29-12-7-13-31-24(25(34)35)19-9-8-17-15-21(37-6)18(14-20(17)23(19)30-31)10-11-28(4,5)16-22(32)33/h14-15H,7-13,16H2,1-6H3,(H,29,36)(H,32,33)(H,34,35). The molecule has 38 heavy (non-hydrogen) atoms. The van der Waals surface area contributed by atoms with Crippen LogP contribution in [0.5, 0.6) is 5.75 Å². The molecular formula is C28H39N3O7. The fourth-order valence-corrected chi connectivity index (χ4v) is 4.80. The number of carboxylic acid groups (broad SMARTS) is 2. The molecule has 0 unspecified atom stereocenters. The number of nitrogens with one attached hydrogen (secondary N) is 1. The summed E-state index contributed by atoms with van der Waals surface area (Å²) < 4.78 is 12.4. The van der Waals surface area contributed by atoms with Crippen molar-refractivity contribution in [3.05, 3.63) is 34.5 Å². The van der Waals surface area contributed by atoms with Gasteiger partial charge in [-0.2, -0.15) is 5.10 Å².